The predicted octanol–water partition coefficient (Wildman–Crippen LogP) is 4.80. The highest BCUT2D eigenvalue weighted by molar-refractivity contribution is 6.35. The molecule has 2 aromatic rings. The number of benzene rings is 2. The summed E-state index contributed by atoms with van der Waals surface area (Å²) in [6, 6.07) is 12.6. The van der Waals surface area contributed by atoms with Crippen LogP contribution in [0.25, 0.3) is 0 Å². The Bertz CT molecular complexity index is 791. The summed E-state index contributed by atoms with van der Waals surface area (Å²) in [5.74, 6) is -0.0969. The lowest BCUT2D eigenvalue weighted by atomic mass is 10.2. The van der Waals surface area contributed by atoms with Crippen molar-refractivity contribution in [3.8, 4) is 0 Å². The van der Waals surface area contributed by atoms with Gasteiger partial charge in [0.1, 0.15) is 0 Å². The summed E-state index contributed by atoms with van der Waals surface area (Å²) in [6.45, 7) is 5.10. The van der Waals surface area contributed by atoms with Crippen LogP contribution < -0.4 is 10.2 Å². The molecule has 0 aromatic heterocycles. The molecule has 1 atom stereocenters. The minimum absolute atomic E-state index is 0.0969. The smallest absolute Gasteiger partial charge is 0.241 e. The van der Waals surface area contributed by atoms with Gasteiger partial charge in [0, 0.05) is 31.2 Å². The van der Waals surface area contributed by atoms with Gasteiger partial charge in [0.15, 0.2) is 0 Å². The van der Waals surface area contributed by atoms with Crippen molar-refractivity contribution in [3.05, 3.63) is 57.5 Å². The summed E-state index contributed by atoms with van der Waals surface area (Å²) in [5.41, 5.74) is 1.57. The van der Waals surface area contributed by atoms with Crippen molar-refractivity contribution < 1.29 is 4.79 Å². The van der Waals surface area contributed by atoms with E-state index in [0.717, 1.165) is 36.9 Å². The molecule has 4 nitrogen and oxygen atoms in total. The van der Waals surface area contributed by atoms with Crippen molar-refractivity contribution >= 4 is 52.1 Å². The first kappa shape index (κ1) is 19.3. The molecule has 1 aliphatic heterocycles. The molecular formula is C19H20Cl3N3O. The number of para-hydroxylation sites is 1. The normalized spacial score (nSPS) is 16.4. The Hall–Kier alpha value is -1.46. The Morgan fingerprint density at radius 3 is 2.38 bits per heavy atom. The monoisotopic (exact) mass is 411 g/mol. The Morgan fingerprint density at radius 1 is 1.00 bits per heavy atom. The second-order valence-electron chi connectivity index (χ2n) is 6.26. The van der Waals surface area contributed by atoms with Gasteiger partial charge >= 0.3 is 0 Å². The quantitative estimate of drug-likeness (QED) is 0.784. The maximum atomic E-state index is 12.6. The molecule has 138 valence electrons. The van der Waals surface area contributed by atoms with Crippen LogP contribution in [0.3, 0.4) is 0 Å². The van der Waals surface area contributed by atoms with Gasteiger partial charge in [-0.05, 0) is 37.3 Å². The van der Waals surface area contributed by atoms with Crippen LogP contribution in [-0.2, 0) is 4.79 Å². The van der Waals surface area contributed by atoms with Gasteiger partial charge in [-0.25, -0.2) is 0 Å². The minimum atomic E-state index is -0.265. The van der Waals surface area contributed by atoms with E-state index in [9.17, 15) is 4.79 Å². The first-order valence-corrected chi connectivity index (χ1v) is 9.58. The SMILES string of the molecule is CC(C(=O)Nc1cc(Cl)ccc1Cl)N1CCN(c2ccccc2Cl)CC1. The second-order valence-corrected chi connectivity index (χ2v) is 7.51. The molecule has 0 saturated carbocycles. The highest BCUT2D eigenvalue weighted by atomic mass is 35.5. The zero-order chi connectivity index (χ0) is 18.7. The van der Waals surface area contributed by atoms with E-state index in [2.05, 4.69) is 15.1 Å². The third kappa shape index (κ3) is 4.44. The maximum Gasteiger partial charge on any atom is 0.241 e. The molecule has 0 bridgehead atoms. The Kier molecular flexibility index (Phi) is 6.30. The lowest BCUT2D eigenvalue weighted by Crippen LogP contribution is -2.52. The topological polar surface area (TPSA) is 35.6 Å². The van der Waals surface area contributed by atoms with E-state index < -0.39 is 0 Å². The molecule has 1 fully saturated rings. The van der Waals surface area contributed by atoms with E-state index in [1.165, 1.54) is 0 Å². The zero-order valence-electron chi connectivity index (χ0n) is 14.4. The molecule has 3 rings (SSSR count). The molecule has 0 aliphatic carbocycles. The van der Waals surface area contributed by atoms with E-state index in [1.807, 2.05) is 31.2 Å². The summed E-state index contributed by atoms with van der Waals surface area (Å²) < 4.78 is 0. The number of carbonyl (C=O) groups is 1. The largest absolute Gasteiger partial charge is 0.368 e. The molecule has 1 N–H and O–H groups in total. The molecule has 1 heterocycles. The Labute approximate surface area is 168 Å². The van der Waals surface area contributed by atoms with Gasteiger partial charge in [-0.1, -0.05) is 46.9 Å². The first-order valence-electron chi connectivity index (χ1n) is 8.45. The van der Waals surface area contributed by atoms with E-state index in [1.54, 1.807) is 18.2 Å². The van der Waals surface area contributed by atoms with Gasteiger partial charge in [0.2, 0.25) is 5.91 Å². The van der Waals surface area contributed by atoms with E-state index in [4.69, 9.17) is 34.8 Å². The summed E-state index contributed by atoms with van der Waals surface area (Å²) in [4.78, 5) is 17.0. The van der Waals surface area contributed by atoms with Crippen LogP contribution in [0.15, 0.2) is 42.5 Å². The molecule has 1 saturated heterocycles. The van der Waals surface area contributed by atoms with Crippen molar-refractivity contribution in [2.24, 2.45) is 0 Å². The number of anilines is 2. The van der Waals surface area contributed by atoms with E-state index >= 15 is 0 Å². The Morgan fingerprint density at radius 2 is 1.69 bits per heavy atom. The van der Waals surface area contributed by atoms with Crippen molar-refractivity contribution in [2.75, 3.05) is 36.4 Å². The van der Waals surface area contributed by atoms with Gasteiger partial charge in [0.25, 0.3) is 0 Å². The fraction of sp³-hybridized carbons (Fsp3) is 0.316. The van der Waals surface area contributed by atoms with Crippen molar-refractivity contribution in [1.29, 1.82) is 0 Å². The molecule has 1 amide bonds. The van der Waals surface area contributed by atoms with Crippen LogP contribution in [0.2, 0.25) is 15.1 Å². The number of carbonyl (C=O) groups excluding carboxylic acids is 1. The molecule has 1 unspecified atom stereocenters. The highest BCUT2D eigenvalue weighted by Gasteiger charge is 2.26. The van der Waals surface area contributed by atoms with Crippen LogP contribution in [0, 0.1) is 0 Å². The van der Waals surface area contributed by atoms with Crippen molar-refractivity contribution in [3.63, 3.8) is 0 Å². The number of hydrogen-bond donors (Lipinski definition) is 1. The van der Waals surface area contributed by atoms with E-state index in [0.29, 0.717) is 15.7 Å². The lowest BCUT2D eigenvalue weighted by Gasteiger charge is -2.38. The third-order valence-electron chi connectivity index (χ3n) is 4.62. The standard InChI is InChI=1S/C19H20Cl3N3O/c1-13(19(26)23-17-12-14(20)6-7-15(17)21)24-8-10-25(11-9-24)18-5-3-2-4-16(18)22/h2-7,12-13H,8-11H2,1H3,(H,23,26). The summed E-state index contributed by atoms with van der Waals surface area (Å²) in [5, 5.41) is 4.62. The van der Waals surface area contributed by atoms with Crippen LogP contribution in [-0.4, -0.2) is 43.0 Å². The minimum Gasteiger partial charge on any atom is -0.368 e. The van der Waals surface area contributed by atoms with Crippen molar-refractivity contribution in [1.82, 2.24) is 4.90 Å². The van der Waals surface area contributed by atoms with Crippen LogP contribution in [0.5, 0.6) is 0 Å². The van der Waals surface area contributed by atoms with Crippen LogP contribution in [0.1, 0.15) is 6.92 Å². The van der Waals surface area contributed by atoms with Gasteiger partial charge in [-0.15, -0.1) is 0 Å². The fourth-order valence-electron chi connectivity index (χ4n) is 3.05. The molecular weight excluding hydrogens is 393 g/mol. The summed E-state index contributed by atoms with van der Waals surface area (Å²) >= 11 is 18.4. The predicted molar refractivity (Wildman–Crippen MR) is 110 cm³/mol. The maximum absolute atomic E-state index is 12.6. The summed E-state index contributed by atoms with van der Waals surface area (Å²) in [7, 11) is 0. The number of piperazine rings is 1. The molecule has 2 aromatic carbocycles. The average Bonchev–Trinajstić information content (AvgIpc) is 2.64. The van der Waals surface area contributed by atoms with Crippen LogP contribution in [0.4, 0.5) is 11.4 Å². The lowest BCUT2D eigenvalue weighted by molar-refractivity contribution is -0.120. The number of amides is 1. The van der Waals surface area contributed by atoms with Gasteiger partial charge in [0.05, 0.1) is 27.5 Å². The molecule has 7 heteroatoms. The third-order valence-corrected chi connectivity index (χ3v) is 5.51. The van der Waals surface area contributed by atoms with E-state index in [-0.39, 0.29) is 11.9 Å². The first-order chi connectivity index (χ1) is 12.5. The number of nitrogens with zero attached hydrogens (tertiary/aromatic N) is 2. The van der Waals surface area contributed by atoms with Gasteiger partial charge in [-0.2, -0.15) is 0 Å². The number of rotatable bonds is 4. The fourth-order valence-corrected chi connectivity index (χ4v) is 3.65. The molecule has 26 heavy (non-hydrogen) atoms. The van der Waals surface area contributed by atoms with Crippen molar-refractivity contribution in [2.45, 2.75) is 13.0 Å². The average molecular weight is 413 g/mol. The summed E-state index contributed by atoms with van der Waals surface area (Å²) in [6.07, 6.45) is 0. The molecule has 1 aliphatic rings. The van der Waals surface area contributed by atoms with Crippen LogP contribution >= 0.6 is 34.8 Å². The molecule has 0 spiro atoms. The second kappa shape index (κ2) is 8.49. The number of nitrogens with one attached hydrogen (secondary N) is 1. The Balaban J connectivity index is 1.59. The van der Waals surface area contributed by atoms with Gasteiger partial charge in [-0.3, -0.25) is 9.69 Å². The number of hydrogen-bond acceptors (Lipinski definition) is 3. The van der Waals surface area contributed by atoms with Gasteiger partial charge < -0.3 is 10.2 Å². The number of halogens is 3. The molecule has 0 radical (unpaired) electrons. The zero-order valence-corrected chi connectivity index (χ0v) is 16.7. The highest BCUT2D eigenvalue weighted by Crippen LogP contribution is 2.27.